The number of rotatable bonds is 5. The molecule has 0 aliphatic carbocycles. The molecule has 1 aliphatic heterocycles. The van der Waals surface area contributed by atoms with E-state index < -0.39 is 0 Å². The maximum atomic E-state index is 12.8. The van der Waals surface area contributed by atoms with Crippen LogP contribution in [0.2, 0.25) is 0 Å². The second kappa shape index (κ2) is 7.74. The lowest BCUT2D eigenvalue weighted by molar-refractivity contribution is 0.0743. The summed E-state index contributed by atoms with van der Waals surface area (Å²) < 4.78 is 2.03. The molecule has 27 heavy (non-hydrogen) atoms. The van der Waals surface area contributed by atoms with E-state index in [0.29, 0.717) is 12.5 Å². The topological polar surface area (TPSA) is 63.6 Å². The van der Waals surface area contributed by atoms with E-state index in [-0.39, 0.29) is 11.9 Å². The zero-order valence-electron chi connectivity index (χ0n) is 15.4. The van der Waals surface area contributed by atoms with Gasteiger partial charge in [-0.25, -0.2) is 4.98 Å². The summed E-state index contributed by atoms with van der Waals surface area (Å²) in [6, 6.07) is 14.2. The number of imidazole rings is 1. The molecule has 2 N–H and O–H groups in total. The van der Waals surface area contributed by atoms with Crippen molar-refractivity contribution in [2.45, 2.75) is 30.0 Å². The summed E-state index contributed by atoms with van der Waals surface area (Å²) in [5.74, 6) is 1.33. The Balaban J connectivity index is 1.39. The molecule has 3 heterocycles. The van der Waals surface area contributed by atoms with Gasteiger partial charge in [-0.1, -0.05) is 6.07 Å². The molecule has 0 bridgehead atoms. The van der Waals surface area contributed by atoms with E-state index in [1.165, 1.54) is 0 Å². The maximum Gasteiger partial charge on any atom is 0.254 e. The Morgan fingerprint density at radius 1 is 1.26 bits per heavy atom. The third-order valence-corrected chi connectivity index (χ3v) is 6.20. The number of pyridine rings is 1. The zero-order valence-corrected chi connectivity index (χ0v) is 16.2. The normalized spacial score (nSPS) is 19.7. The number of likely N-dealkylation sites (tertiary alicyclic amines) is 1. The molecule has 2 atom stereocenters. The molecule has 1 aliphatic rings. The molecule has 0 radical (unpaired) electrons. The van der Waals surface area contributed by atoms with E-state index in [9.17, 15) is 4.79 Å². The molecule has 0 spiro atoms. The smallest absolute Gasteiger partial charge is 0.254 e. The van der Waals surface area contributed by atoms with Gasteiger partial charge < -0.3 is 15.0 Å². The first kappa shape index (κ1) is 18.1. The van der Waals surface area contributed by atoms with Crippen LogP contribution in [0, 0.1) is 5.92 Å². The number of aromatic nitrogens is 2. The third-order valence-electron chi connectivity index (χ3n) is 5.16. The Hall–Kier alpha value is -2.31. The molecule has 1 saturated heterocycles. The van der Waals surface area contributed by atoms with Crippen LogP contribution in [0.4, 0.5) is 0 Å². The first-order valence-corrected chi connectivity index (χ1v) is 10.3. The van der Waals surface area contributed by atoms with Crippen LogP contribution >= 0.6 is 11.8 Å². The van der Waals surface area contributed by atoms with Crippen LogP contribution in [0.25, 0.3) is 5.65 Å². The molecule has 1 aromatic carbocycles. The van der Waals surface area contributed by atoms with Crippen LogP contribution in [0.5, 0.6) is 0 Å². The van der Waals surface area contributed by atoms with Gasteiger partial charge in [-0.05, 0) is 62.2 Å². The number of thioether (sulfide) groups is 1. The molecule has 3 aromatic rings. The summed E-state index contributed by atoms with van der Waals surface area (Å²) in [6.07, 6.45) is 5.06. The van der Waals surface area contributed by atoms with Gasteiger partial charge in [-0.2, -0.15) is 0 Å². The summed E-state index contributed by atoms with van der Waals surface area (Å²) in [5.41, 5.74) is 8.53. The molecule has 1 fully saturated rings. The Labute approximate surface area is 163 Å². The highest BCUT2D eigenvalue weighted by Crippen LogP contribution is 2.26. The number of hydrogen-bond acceptors (Lipinski definition) is 4. The van der Waals surface area contributed by atoms with Gasteiger partial charge in [0.15, 0.2) is 0 Å². The number of fused-ring (bicyclic) bond motifs is 1. The lowest BCUT2D eigenvalue weighted by atomic mass is 10.1. The van der Waals surface area contributed by atoms with Gasteiger partial charge in [-0.15, -0.1) is 11.8 Å². The largest absolute Gasteiger partial charge is 0.336 e. The number of hydrogen-bond donors (Lipinski definition) is 1. The quantitative estimate of drug-likeness (QED) is 0.689. The van der Waals surface area contributed by atoms with Crippen LogP contribution in [0.3, 0.4) is 0 Å². The van der Waals surface area contributed by atoms with Gasteiger partial charge >= 0.3 is 0 Å². The molecular formula is C21H24N4OS. The number of nitrogens with zero attached hydrogens (tertiary/aromatic N) is 3. The monoisotopic (exact) mass is 380 g/mol. The fraction of sp³-hybridized carbons (Fsp3) is 0.333. The van der Waals surface area contributed by atoms with Crippen LogP contribution in [0.1, 0.15) is 29.4 Å². The number of amides is 1. The molecule has 6 heteroatoms. The summed E-state index contributed by atoms with van der Waals surface area (Å²) in [7, 11) is 0. The Bertz CT molecular complexity index is 904. The van der Waals surface area contributed by atoms with E-state index in [1.807, 2.05) is 58.0 Å². The third kappa shape index (κ3) is 3.87. The van der Waals surface area contributed by atoms with E-state index >= 15 is 0 Å². The fourth-order valence-electron chi connectivity index (χ4n) is 3.67. The van der Waals surface area contributed by atoms with Crippen molar-refractivity contribution in [1.29, 1.82) is 0 Å². The molecule has 2 aromatic heterocycles. The van der Waals surface area contributed by atoms with Crippen LogP contribution in [0.15, 0.2) is 59.8 Å². The van der Waals surface area contributed by atoms with Crippen molar-refractivity contribution in [2.24, 2.45) is 11.7 Å². The molecule has 140 valence electrons. The minimum atomic E-state index is 0.107. The highest BCUT2D eigenvalue weighted by atomic mass is 32.2. The van der Waals surface area contributed by atoms with Crippen molar-refractivity contribution in [1.82, 2.24) is 14.3 Å². The molecule has 1 amide bonds. The Morgan fingerprint density at radius 2 is 2.07 bits per heavy atom. The lowest BCUT2D eigenvalue weighted by Gasteiger charge is -2.21. The molecular weight excluding hydrogens is 356 g/mol. The van der Waals surface area contributed by atoms with E-state index in [4.69, 9.17) is 5.73 Å². The van der Waals surface area contributed by atoms with Gasteiger partial charge in [0, 0.05) is 41.2 Å². The Morgan fingerprint density at radius 3 is 2.78 bits per heavy atom. The fourth-order valence-corrected chi connectivity index (χ4v) is 4.45. The summed E-state index contributed by atoms with van der Waals surface area (Å²) in [4.78, 5) is 20.5. The first-order valence-electron chi connectivity index (χ1n) is 9.30. The lowest BCUT2D eigenvalue weighted by Crippen LogP contribution is -2.34. The van der Waals surface area contributed by atoms with Crippen molar-refractivity contribution in [3.05, 3.63) is 66.1 Å². The van der Waals surface area contributed by atoms with Gasteiger partial charge in [-0.3, -0.25) is 4.79 Å². The average molecular weight is 381 g/mol. The standard InChI is InChI=1S/C21H24N4OS/c1-15-10-16(11-22)12-25(15)21(26)17-5-7-19(8-6-17)27-14-18-13-24-9-3-2-4-20(24)23-18/h2-9,13,15-16H,10-12,14,22H2,1H3. The van der Waals surface area contributed by atoms with Crippen LogP contribution in [-0.2, 0) is 5.75 Å². The van der Waals surface area contributed by atoms with Gasteiger partial charge in [0.25, 0.3) is 5.91 Å². The predicted octanol–water partition coefficient (Wildman–Crippen LogP) is 3.44. The van der Waals surface area contributed by atoms with Crippen molar-refractivity contribution >= 4 is 23.3 Å². The first-order chi connectivity index (χ1) is 13.1. The zero-order chi connectivity index (χ0) is 18.8. The van der Waals surface area contributed by atoms with Crippen LogP contribution < -0.4 is 5.73 Å². The highest BCUT2D eigenvalue weighted by Gasteiger charge is 2.31. The second-order valence-corrected chi connectivity index (χ2v) is 8.20. The van der Waals surface area contributed by atoms with Gasteiger partial charge in [0.05, 0.1) is 5.69 Å². The Kier molecular flexibility index (Phi) is 5.18. The predicted molar refractivity (Wildman–Crippen MR) is 109 cm³/mol. The summed E-state index contributed by atoms with van der Waals surface area (Å²) >= 11 is 1.73. The maximum absolute atomic E-state index is 12.8. The van der Waals surface area contributed by atoms with E-state index in [0.717, 1.165) is 40.5 Å². The number of carbonyl (C=O) groups excluding carboxylic acids is 1. The van der Waals surface area contributed by atoms with Gasteiger partial charge in [0.1, 0.15) is 5.65 Å². The number of nitrogens with two attached hydrogens (primary N) is 1. The number of carbonyl (C=O) groups is 1. The molecule has 2 unspecified atom stereocenters. The molecule has 5 nitrogen and oxygen atoms in total. The van der Waals surface area contributed by atoms with Crippen LogP contribution in [-0.4, -0.2) is 39.3 Å². The summed E-state index contributed by atoms with van der Waals surface area (Å²) in [6.45, 7) is 3.51. The second-order valence-electron chi connectivity index (χ2n) is 7.16. The number of benzene rings is 1. The van der Waals surface area contributed by atoms with Crippen molar-refractivity contribution in [2.75, 3.05) is 13.1 Å². The van der Waals surface area contributed by atoms with Crippen molar-refractivity contribution in [3.8, 4) is 0 Å². The van der Waals surface area contributed by atoms with Crippen molar-refractivity contribution < 1.29 is 4.79 Å². The highest BCUT2D eigenvalue weighted by molar-refractivity contribution is 7.98. The van der Waals surface area contributed by atoms with E-state index in [2.05, 4.69) is 18.1 Å². The van der Waals surface area contributed by atoms with Gasteiger partial charge in [0.2, 0.25) is 0 Å². The minimum Gasteiger partial charge on any atom is -0.336 e. The SMILES string of the molecule is CC1CC(CN)CN1C(=O)c1ccc(SCc2cn3ccccc3n2)cc1. The summed E-state index contributed by atoms with van der Waals surface area (Å²) in [5, 5.41) is 0. The molecule has 4 rings (SSSR count). The average Bonchev–Trinajstić information content (AvgIpc) is 3.29. The molecule has 0 saturated carbocycles. The minimum absolute atomic E-state index is 0.107. The van der Waals surface area contributed by atoms with Crippen molar-refractivity contribution in [3.63, 3.8) is 0 Å². The van der Waals surface area contributed by atoms with E-state index in [1.54, 1.807) is 11.8 Å².